The minimum absolute atomic E-state index is 0.0187. The second-order valence-electron chi connectivity index (χ2n) is 8.12. The van der Waals surface area contributed by atoms with Crippen molar-refractivity contribution in [3.63, 3.8) is 0 Å². The molecule has 0 N–H and O–H groups in total. The lowest BCUT2D eigenvalue weighted by molar-refractivity contribution is -0.122. The van der Waals surface area contributed by atoms with E-state index in [0.29, 0.717) is 16.6 Å². The Morgan fingerprint density at radius 2 is 1.69 bits per heavy atom. The van der Waals surface area contributed by atoms with Crippen LogP contribution in [0.3, 0.4) is 0 Å². The van der Waals surface area contributed by atoms with E-state index >= 15 is 0 Å². The van der Waals surface area contributed by atoms with Crippen molar-refractivity contribution in [2.24, 2.45) is 4.99 Å². The molecule has 0 spiro atoms. The Labute approximate surface area is 212 Å². The van der Waals surface area contributed by atoms with Gasteiger partial charge in [-0.2, -0.15) is 0 Å². The topological polar surface area (TPSA) is 53.7 Å². The molecule has 3 aromatic carbocycles. The molecular weight excluding hydrogens is 474 g/mol. The summed E-state index contributed by atoms with van der Waals surface area (Å²) < 4.78 is 1.94. The van der Waals surface area contributed by atoms with Crippen LogP contribution in [0.2, 0.25) is 0 Å². The van der Waals surface area contributed by atoms with Gasteiger partial charge in [-0.3, -0.25) is 9.69 Å². The molecule has 1 amide bonds. The van der Waals surface area contributed by atoms with Crippen molar-refractivity contribution in [1.29, 1.82) is 0 Å². The maximum Gasteiger partial charge on any atom is 0.269 e. The Balaban J connectivity index is 1.37. The molecule has 0 radical (unpaired) electrons. The third-order valence-corrected chi connectivity index (χ3v) is 8.29. The number of imidazole rings is 1. The van der Waals surface area contributed by atoms with Crippen molar-refractivity contribution in [2.75, 3.05) is 11.9 Å². The van der Waals surface area contributed by atoms with Gasteiger partial charge in [-0.1, -0.05) is 54.2 Å². The number of para-hydroxylation sites is 1. The average molecular weight is 496 g/mol. The summed E-state index contributed by atoms with van der Waals surface area (Å²) in [5, 5.41) is 1.63. The monoisotopic (exact) mass is 495 g/mol. The molecule has 172 valence electrons. The van der Waals surface area contributed by atoms with Crippen LogP contribution in [0.15, 0.2) is 117 Å². The number of carbonyl (C=O) groups excluding carboxylic acids is 1. The first-order chi connectivity index (χ1) is 17.2. The maximum absolute atomic E-state index is 13.7. The molecule has 0 saturated carbocycles. The third kappa shape index (κ3) is 4.15. The van der Waals surface area contributed by atoms with Crippen LogP contribution in [0.1, 0.15) is 5.56 Å². The van der Waals surface area contributed by atoms with Crippen molar-refractivity contribution in [3.05, 3.63) is 113 Å². The molecule has 0 unspecified atom stereocenters. The first kappa shape index (κ1) is 21.8. The molecule has 1 aromatic heterocycles. The van der Waals surface area contributed by atoms with Crippen LogP contribution in [-0.2, 0) is 11.3 Å². The number of benzene rings is 3. The zero-order valence-corrected chi connectivity index (χ0v) is 20.5. The molecule has 2 aliphatic rings. The van der Waals surface area contributed by atoms with E-state index in [2.05, 4.69) is 22.0 Å². The first-order valence-electron chi connectivity index (χ1n) is 11.1. The van der Waals surface area contributed by atoms with Gasteiger partial charge in [0.15, 0.2) is 5.17 Å². The molecule has 2 aliphatic heterocycles. The Morgan fingerprint density at radius 3 is 2.43 bits per heavy atom. The van der Waals surface area contributed by atoms with Crippen LogP contribution >= 0.6 is 23.5 Å². The van der Waals surface area contributed by atoms with Crippen molar-refractivity contribution in [1.82, 2.24) is 14.5 Å². The number of amidine groups is 1. The zero-order chi connectivity index (χ0) is 23.8. The fraction of sp³-hybridized carbons (Fsp3) is 0.0741. The molecule has 1 saturated heterocycles. The minimum atomic E-state index is -0.0187. The standard InChI is InChI=1S/C27H21N5OS2/c1-30-22-9-5-6-10-23(22)34-26(30)24-25(33)32(17-19-7-3-2-4-8-19)27(35-24)29-20-11-13-21(14-12-20)31-16-15-28-18-31/h2-16,18H,17H2,1H3/b26-24-,29-27+. The van der Waals surface area contributed by atoms with Crippen molar-refractivity contribution < 1.29 is 4.79 Å². The first-order valence-corrected chi connectivity index (χ1v) is 12.8. The summed E-state index contributed by atoms with van der Waals surface area (Å²) in [6.07, 6.45) is 5.42. The van der Waals surface area contributed by atoms with Crippen LogP contribution in [0.4, 0.5) is 11.4 Å². The molecule has 3 heterocycles. The minimum Gasteiger partial charge on any atom is -0.337 e. The van der Waals surface area contributed by atoms with Gasteiger partial charge in [-0.25, -0.2) is 9.98 Å². The van der Waals surface area contributed by atoms with E-state index in [0.717, 1.165) is 32.6 Å². The number of thioether (sulfide) groups is 2. The molecule has 8 heteroatoms. The number of aliphatic imine (C=N–C) groups is 1. The van der Waals surface area contributed by atoms with E-state index in [1.807, 2.05) is 84.5 Å². The number of rotatable bonds is 4. The number of anilines is 1. The molecule has 35 heavy (non-hydrogen) atoms. The highest BCUT2D eigenvalue weighted by molar-refractivity contribution is 8.19. The van der Waals surface area contributed by atoms with Gasteiger partial charge in [0.1, 0.15) is 4.91 Å². The number of amides is 1. The Hall–Kier alpha value is -3.75. The van der Waals surface area contributed by atoms with Gasteiger partial charge < -0.3 is 9.47 Å². The lowest BCUT2D eigenvalue weighted by Crippen LogP contribution is -2.29. The number of carbonyl (C=O) groups is 1. The van der Waals surface area contributed by atoms with Crippen LogP contribution in [0, 0.1) is 0 Å². The quantitative estimate of drug-likeness (QED) is 0.323. The SMILES string of the molecule is CN1/C(=C2/S/C(=N/c3ccc(-n4ccnc4)cc3)N(Cc3ccccc3)C2=O)Sc2ccccc21. The Kier molecular flexibility index (Phi) is 5.67. The number of hydrogen-bond acceptors (Lipinski definition) is 6. The highest BCUT2D eigenvalue weighted by Gasteiger charge is 2.39. The van der Waals surface area contributed by atoms with Crippen LogP contribution in [0.25, 0.3) is 5.69 Å². The van der Waals surface area contributed by atoms with E-state index < -0.39 is 0 Å². The van der Waals surface area contributed by atoms with Crippen molar-refractivity contribution >= 4 is 46.0 Å². The maximum atomic E-state index is 13.7. The highest BCUT2D eigenvalue weighted by Crippen LogP contribution is 2.50. The summed E-state index contributed by atoms with van der Waals surface area (Å²) in [6, 6.07) is 26.2. The van der Waals surface area contributed by atoms with Gasteiger partial charge in [-0.05, 0) is 53.7 Å². The van der Waals surface area contributed by atoms with Gasteiger partial charge in [-0.15, -0.1) is 0 Å². The van der Waals surface area contributed by atoms with Crippen molar-refractivity contribution in [3.8, 4) is 5.69 Å². The number of aromatic nitrogens is 2. The predicted molar refractivity (Wildman–Crippen MR) is 143 cm³/mol. The molecule has 6 nitrogen and oxygen atoms in total. The average Bonchev–Trinajstić information content (AvgIpc) is 3.61. The van der Waals surface area contributed by atoms with Crippen LogP contribution in [0.5, 0.6) is 0 Å². The van der Waals surface area contributed by atoms with E-state index in [-0.39, 0.29) is 5.91 Å². The summed E-state index contributed by atoms with van der Waals surface area (Å²) >= 11 is 3.08. The van der Waals surface area contributed by atoms with Gasteiger partial charge >= 0.3 is 0 Å². The number of nitrogens with zero attached hydrogens (tertiary/aromatic N) is 5. The molecular formula is C27H21N5OS2. The summed E-state index contributed by atoms with van der Waals surface area (Å²) in [5.41, 5.74) is 3.98. The lowest BCUT2D eigenvalue weighted by Gasteiger charge is -2.17. The van der Waals surface area contributed by atoms with E-state index in [1.54, 1.807) is 29.2 Å². The summed E-state index contributed by atoms with van der Waals surface area (Å²) in [7, 11) is 2.01. The second kappa shape index (κ2) is 9.13. The molecule has 6 rings (SSSR count). The number of hydrogen-bond donors (Lipinski definition) is 0. The van der Waals surface area contributed by atoms with E-state index in [1.165, 1.54) is 11.8 Å². The fourth-order valence-electron chi connectivity index (χ4n) is 4.05. The predicted octanol–water partition coefficient (Wildman–Crippen LogP) is 6.05. The van der Waals surface area contributed by atoms with Crippen molar-refractivity contribution in [2.45, 2.75) is 11.4 Å². The summed E-state index contributed by atoms with van der Waals surface area (Å²) in [4.78, 5) is 28.5. The number of fused-ring (bicyclic) bond motifs is 1. The Morgan fingerprint density at radius 1 is 0.914 bits per heavy atom. The van der Waals surface area contributed by atoms with Gasteiger partial charge in [0, 0.05) is 30.0 Å². The fourth-order valence-corrected chi connectivity index (χ4v) is 6.39. The second-order valence-corrected chi connectivity index (χ2v) is 10.1. The van der Waals surface area contributed by atoms with Gasteiger partial charge in [0.25, 0.3) is 5.91 Å². The molecule has 0 bridgehead atoms. The molecule has 4 aromatic rings. The largest absolute Gasteiger partial charge is 0.337 e. The molecule has 0 aliphatic carbocycles. The van der Waals surface area contributed by atoms with Crippen LogP contribution in [-0.4, -0.2) is 32.6 Å². The molecule has 1 fully saturated rings. The highest BCUT2D eigenvalue weighted by atomic mass is 32.2. The van der Waals surface area contributed by atoms with E-state index in [9.17, 15) is 4.79 Å². The summed E-state index contributed by atoms with van der Waals surface area (Å²) in [5.74, 6) is -0.0187. The lowest BCUT2D eigenvalue weighted by atomic mass is 10.2. The van der Waals surface area contributed by atoms with Crippen LogP contribution < -0.4 is 4.90 Å². The molecule has 0 atom stereocenters. The normalized spacial score (nSPS) is 18.5. The summed E-state index contributed by atoms with van der Waals surface area (Å²) in [6.45, 7) is 0.469. The zero-order valence-electron chi connectivity index (χ0n) is 18.9. The van der Waals surface area contributed by atoms with Gasteiger partial charge in [0.05, 0.1) is 29.3 Å². The van der Waals surface area contributed by atoms with Gasteiger partial charge in [0.2, 0.25) is 0 Å². The third-order valence-electron chi connectivity index (χ3n) is 5.86. The van der Waals surface area contributed by atoms with E-state index in [4.69, 9.17) is 4.99 Å². The smallest absolute Gasteiger partial charge is 0.269 e. The Bertz CT molecular complexity index is 1450.